The number of allylic oxidation sites excluding steroid dienone is 1. The standard InChI is InChI=1S/C14H19BFIN4O4S/c1-9-12(7-11(16)8-18-9)20-10(2)13(21(22)23)14(19-20)25-5-4-6-26-15(17)24-3/h7-8,14,19H,4-6H2,1-3H3. The summed E-state index contributed by atoms with van der Waals surface area (Å²) in [6.07, 6.45) is 0.917. The molecule has 12 heteroatoms. The molecule has 0 saturated carbocycles. The van der Waals surface area contributed by atoms with Crippen LogP contribution in [0.2, 0.25) is 0 Å². The second-order valence-corrected chi connectivity index (χ2v) is 8.58. The summed E-state index contributed by atoms with van der Waals surface area (Å²) in [7, 11) is 1.64. The van der Waals surface area contributed by atoms with Gasteiger partial charge in [-0.15, -0.1) is 0 Å². The van der Waals surface area contributed by atoms with Crippen molar-refractivity contribution in [1.82, 2.24) is 10.4 Å². The maximum atomic E-state index is 13.6. The van der Waals surface area contributed by atoms with Crippen LogP contribution in [-0.4, -0.2) is 39.7 Å². The minimum absolute atomic E-state index is 0.0626. The van der Waals surface area contributed by atoms with Gasteiger partial charge in [-0.2, -0.15) is 17.0 Å². The van der Waals surface area contributed by atoms with Crippen LogP contribution in [0.4, 0.5) is 10.1 Å². The van der Waals surface area contributed by atoms with Crippen LogP contribution in [0.1, 0.15) is 19.0 Å². The minimum atomic E-state index is -0.907. The first-order chi connectivity index (χ1) is 12.3. The Hall–Kier alpha value is -0.955. The molecule has 0 saturated heterocycles. The molecule has 1 N–H and O–H groups in total. The lowest BCUT2D eigenvalue weighted by molar-refractivity contribution is -0.437. The van der Waals surface area contributed by atoms with Crippen LogP contribution in [0.5, 0.6) is 0 Å². The molecule has 0 radical (unpaired) electrons. The number of anilines is 1. The molecule has 26 heavy (non-hydrogen) atoms. The Morgan fingerprint density at radius 2 is 2.31 bits per heavy atom. The fourth-order valence-corrected chi connectivity index (χ4v) is 3.77. The minimum Gasteiger partial charge on any atom is -0.420 e. The molecule has 0 amide bonds. The van der Waals surface area contributed by atoms with E-state index in [0.29, 0.717) is 23.7 Å². The van der Waals surface area contributed by atoms with Crippen LogP contribution in [0.15, 0.2) is 23.7 Å². The lowest BCUT2D eigenvalue weighted by Gasteiger charge is -2.22. The van der Waals surface area contributed by atoms with Crippen LogP contribution >= 0.6 is 34.0 Å². The summed E-state index contributed by atoms with van der Waals surface area (Å²) in [5.74, 6) is 0.289. The van der Waals surface area contributed by atoms with Gasteiger partial charge in [0, 0.05) is 13.2 Å². The molecule has 1 atom stereocenters. The van der Waals surface area contributed by atoms with E-state index in [1.54, 1.807) is 32.6 Å². The summed E-state index contributed by atoms with van der Waals surface area (Å²) >= 11 is 3.80. The average Bonchev–Trinajstić information content (AvgIpc) is 2.92. The van der Waals surface area contributed by atoms with E-state index in [-0.39, 0.29) is 9.75 Å². The molecule has 0 aromatic carbocycles. The molecule has 8 nitrogen and oxygen atoms in total. The number of hydrogen-bond donors (Lipinski definition) is 1. The number of nitrogens with zero attached hydrogens (tertiary/aromatic N) is 3. The van der Waals surface area contributed by atoms with Crippen molar-refractivity contribution in [2.24, 2.45) is 0 Å². The van der Waals surface area contributed by atoms with Crippen LogP contribution in [0, 0.1) is 22.9 Å². The number of halogens is 2. The number of hydrazine groups is 1. The van der Waals surface area contributed by atoms with Gasteiger partial charge in [0.25, 0.3) is 0 Å². The summed E-state index contributed by atoms with van der Waals surface area (Å²) in [5, 5.41) is 12.9. The van der Waals surface area contributed by atoms with Crippen molar-refractivity contribution in [3.8, 4) is 0 Å². The van der Waals surface area contributed by atoms with Gasteiger partial charge in [0.05, 0.1) is 29.1 Å². The lowest BCUT2D eigenvalue weighted by atomic mass is 10.2. The zero-order chi connectivity index (χ0) is 19.3. The summed E-state index contributed by atoms with van der Waals surface area (Å²) in [4.78, 5) is 14.9. The van der Waals surface area contributed by atoms with Gasteiger partial charge in [-0.1, -0.05) is 22.4 Å². The third-order valence-corrected chi connectivity index (χ3v) is 6.24. The molecule has 1 aromatic heterocycles. The monoisotopic (exact) mass is 496 g/mol. The predicted molar refractivity (Wildman–Crippen MR) is 108 cm³/mol. The highest BCUT2D eigenvalue weighted by Crippen LogP contribution is 2.29. The Kier molecular flexibility index (Phi) is 8.07. The second-order valence-electron chi connectivity index (χ2n) is 5.44. The van der Waals surface area contributed by atoms with Crippen LogP contribution in [0.25, 0.3) is 0 Å². The molecule has 0 bridgehead atoms. The Balaban J connectivity index is 2.05. The second kappa shape index (κ2) is 9.83. The van der Waals surface area contributed by atoms with E-state index in [1.165, 1.54) is 11.1 Å². The van der Waals surface area contributed by atoms with Crippen molar-refractivity contribution in [3.05, 3.63) is 45.3 Å². The maximum Gasteiger partial charge on any atom is 0.434 e. The SMILES string of the molecule is COB(I)SCCCOC1NN(c2cc(F)cnc2C)C(C)=C1[N+](=O)[O-]. The third-order valence-electron chi connectivity index (χ3n) is 3.67. The van der Waals surface area contributed by atoms with Crippen molar-refractivity contribution >= 4 is 43.7 Å². The number of nitro groups is 1. The Morgan fingerprint density at radius 3 is 2.96 bits per heavy atom. The molecule has 0 aliphatic carbocycles. The Labute approximate surface area is 168 Å². The molecule has 2 rings (SSSR count). The van der Waals surface area contributed by atoms with E-state index in [2.05, 4.69) is 32.8 Å². The van der Waals surface area contributed by atoms with E-state index in [1.807, 2.05) is 0 Å². The Morgan fingerprint density at radius 1 is 1.58 bits per heavy atom. The van der Waals surface area contributed by atoms with Crippen molar-refractivity contribution in [3.63, 3.8) is 0 Å². The summed E-state index contributed by atoms with van der Waals surface area (Å²) in [5.41, 5.74) is 4.13. The van der Waals surface area contributed by atoms with Crippen LogP contribution in [0.3, 0.4) is 0 Å². The molecule has 1 aliphatic rings. The van der Waals surface area contributed by atoms with E-state index in [0.717, 1.165) is 18.4 Å². The first kappa shape index (κ1) is 21.3. The van der Waals surface area contributed by atoms with Crippen molar-refractivity contribution in [2.75, 3.05) is 24.5 Å². The maximum absolute atomic E-state index is 13.6. The van der Waals surface area contributed by atoms with Gasteiger partial charge in [-0.3, -0.25) is 20.1 Å². The zero-order valence-electron chi connectivity index (χ0n) is 14.6. The third kappa shape index (κ3) is 5.28. The quantitative estimate of drug-likeness (QED) is 0.184. The number of nitrogens with one attached hydrogen (secondary N) is 1. The van der Waals surface area contributed by atoms with Crippen molar-refractivity contribution in [1.29, 1.82) is 0 Å². The molecule has 2 heterocycles. The fourth-order valence-electron chi connectivity index (χ4n) is 2.40. The number of hydrogen-bond acceptors (Lipinski definition) is 8. The van der Waals surface area contributed by atoms with Gasteiger partial charge in [0.2, 0.25) is 6.23 Å². The molecule has 0 spiro atoms. The molecule has 1 aliphatic heterocycles. The van der Waals surface area contributed by atoms with Gasteiger partial charge in [-0.05, 0) is 26.0 Å². The normalized spacial score (nSPS) is 17.1. The van der Waals surface area contributed by atoms with Crippen molar-refractivity contribution in [2.45, 2.75) is 26.5 Å². The summed E-state index contributed by atoms with van der Waals surface area (Å²) < 4.78 is 24.4. The lowest BCUT2D eigenvalue weighted by Crippen LogP contribution is -2.40. The van der Waals surface area contributed by atoms with Crippen LogP contribution < -0.4 is 10.4 Å². The summed E-state index contributed by atoms with van der Waals surface area (Å²) in [6, 6.07) is 1.28. The Bertz CT molecular complexity index is 699. The van der Waals surface area contributed by atoms with Crippen molar-refractivity contribution < 1.29 is 18.7 Å². The van der Waals surface area contributed by atoms with Gasteiger partial charge >= 0.3 is 9.75 Å². The fraction of sp³-hybridized carbons (Fsp3) is 0.500. The van der Waals surface area contributed by atoms with E-state index >= 15 is 0 Å². The average molecular weight is 496 g/mol. The smallest absolute Gasteiger partial charge is 0.420 e. The van der Waals surface area contributed by atoms with Gasteiger partial charge < -0.3 is 9.39 Å². The first-order valence-corrected chi connectivity index (χ1v) is 10.1. The molecule has 142 valence electrons. The zero-order valence-corrected chi connectivity index (χ0v) is 17.5. The number of ether oxygens (including phenoxy) is 1. The first-order valence-electron chi connectivity index (χ1n) is 7.78. The van der Waals surface area contributed by atoms with Crippen LogP contribution in [-0.2, 0) is 9.39 Å². The van der Waals surface area contributed by atoms with E-state index in [4.69, 9.17) is 9.39 Å². The molecular weight excluding hydrogens is 477 g/mol. The molecule has 1 aromatic rings. The number of aromatic nitrogens is 1. The largest absolute Gasteiger partial charge is 0.434 e. The van der Waals surface area contributed by atoms with E-state index in [9.17, 15) is 14.5 Å². The summed E-state index contributed by atoms with van der Waals surface area (Å²) in [6.45, 7) is 3.64. The molecule has 0 fully saturated rings. The van der Waals surface area contributed by atoms with Gasteiger partial charge in [-0.25, -0.2) is 4.39 Å². The molecular formula is C14H19BFIN4O4S. The highest BCUT2D eigenvalue weighted by molar-refractivity contribution is 14.1. The topological polar surface area (TPSA) is 89.8 Å². The highest BCUT2D eigenvalue weighted by Gasteiger charge is 2.39. The van der Waals surface area contributed by atoms with Gasteiger partial charge in [0.1, 0.15) is 11.5 Å². The number of pyridine rings is 1. The number of aryl methyl sites for hydroxylation is 1. The predicted octanol–water partition coefficient (Wildman–Crippen LogP) is 2.89. The van der Waals surface area contributed by atoms with E-state index < -0.39 is 17.0 Å². The van der Waals surface area contributed by atoms with Gasteiger partial charge in [0.15, 0.2) is 0 Å². The molecule has 1 unspecified atom stereocenters. The highest BCUT2D eigenvalue weighted by atomic mass is 127. The number of rotatable bonds is 9.